The quantitative estimate of drug-likeness (QED) is 0.772. The van der Waals surface area contributed by atoms with E-state index < -0.39 is 0 Å². The molecule has 1 aromatic carbocycles. The molecule has 0 fully saturated rings. The SMILES string of the molecule is CC(C)NCCSCc1ccccc1.Cl. The number of nitrogens with one attached hydrogen (secondary N) is 1. The van der Waals surface area contributed by atoms with Gasteiger partial charge in [0.2, 0.25) is 0 Å². The van der Waals surface area contributed by atoms with Crippen molar-refractivity contribution in [1.82, 2.24) is 5.32 Å². The van der Waals surface area contributed by atoms with Crippen molar-refractivity contribution in [3.63, 3.8) is 0 Å². The maximum Gasteiger partial charge on any atom is 0.0185 e. The second-order valence-electron chi connectivity index (χ2n) is 3.65. The van der Waals surface area contributed by atoms with Crippen LogP contribution in [0.4, 0.5) is 0 Å². The van der Waals surface area contributed by atoms with Gasteiger partial charge < -0.3 is 5.32 Å². The molecule has 1 rings (SSSR count). The summed E-state index contributed by atoms with van der Waals surface area (Å²) in [7, 11) is 0. The highest BCUT2D eigenvalue weighted by atomic mass is 35.5. The van der Waals surface area contributed by atoms with Crippen molar-refractivity contribution < 1.29 is 0 Å². The Balaban J connectivity index is 0.00000196. The van der Waals surface area contributed by atoms with Gasteiger partial charge in [-0.05, 0) is 5.56 Å². The number of thioether (sulfide) groups is 1. The third kappa shape index (κ3) is 7.71. The lowest BCUT2D eigenvalue weighted by Crippen LogP contribution is -2.24. The Hall–Kier alpha value is -0.180. The van der Waals surface area contributed by atoms with Crippen LogP contribution in [0.3, 0.4) is 0 Å². The summed E-state index contributed by atoms with van der Waals surface area (Å²) in [6.45, 7) is 5.47. The fourth-order valence-corrected chi connectivity index (χ4v) is 2.02. The highest BCUT2D eigenvalue weighted by Gasteiger charge is 1.93. The fourth-order valence-electron chi connectivity index (χ4n) is 1.18. The minimum absolute atomic E-state index is 0. The molecule has 0 aliphatic carbocycles. The van der Waals surface area contributed by atoms with Crippen molar-refractivity contribution in [2.24, 2.45) is 0 Å². The lowest BCUT2D eigenvalue weighted by molar-refractivity contribution is 0.616. The van der Waals surface area contributed by atoms with Gasteiger partial charge in [0.15, 0.2) is 0 Å². The van der Waals surface area contributed by atoms with Crippen LogP contribution in [-0.2, 0) is 5.75 Å². The van der Waals surface area contributed by atoms with Crippen LogP contribution in [0.15, 0.2) is 30.3 Å². The molecule has 0 unspecified atom stereocenters. The Morgan fingerprint density at radius 2 is 1.87 bits per heavy atom. The molecule has 0 aliphatic rings. The lowest BCUT2D eigenvalue weighted by Gasteiger charge is -2.07. The van der Waals surface area contributed by atoms with E-state index in [9.17, 15) is 0 Å². The van der Waals surface area contributed by atoms with Crippen LogP contribution in [-0.4, -0.2) is 18.3 Å². The average Bonchev–Trinajstić information content (AvgIpc) is 2.18. The summed E-state index contributed by atoms with van der Waals surface area (Å²) in [5, 5.41) is 3.41. The Labute approximate surface area is 103 Å². The van der Waals surface area contributed by atoms with Crippen LogP contribution in [0, 0.1) is 0 Å². The molecule has 0 amide bonds. The van der Waals surface area contributed by atoms with E-state index in [1.54, 1.807) is 0 Å². The number of hydrogen-bond acceptors (Lipinski definition) is 2. The van der Waals surface area contributed by atoms with Crippen LogP contribution in [0.25, 0.3) is 0 Å². The zero-order chi connectivity index (χ0) is 10.2. The minimum atomic E-state index is 0. The molecule has 1 nitrogen and oxygen atoms in total. The molecule has 1 N–H and O–H groups in total. The van der Waals surface area contributed by atoms with Gasteiger partial charge >= 0.3 is 0 Å². The summed E-state index contributed by atoms with van der Waals surface area (Å²) >= 11 is 1.99. The van der Waals surface area contributed by atoms with E-state index in [0.29, 0.717) is 6.04 Å². The number of rotatable bonds is 6. The molecule has 0 aliphatic heterocycles. The Morgan fingerprint density at radius 3 is 2.47 bits per heavy atom. The van der Waals surface area contributed by atoms with Gasteiger partial charge in [0.1, 0.15) is 0 Å². The van der Waals surface area contributed by atoms with Crippen molar-refractivity contribution in [3.8, 4) is 0 Å². The van der Waals surface area contributed by atoms with Gasteiger partial charge in [-0.2, -0.15) is 11.8 Å². The van der Waals surface area contributed by atoms with Gasteiger partial charge in [0.05, 0.1) is 0 Å². The second kappa shape index (κ2) is 9.08. The van der Waals surface area contributed by atoms with E-state index >= 15 is 0 Å². The molecule has 0 atom stereocenters. The monoisotopic (exact) mass is 245 g/mol. The van der Waals surface area contributed by atoms with Crippen LogP contribution >= 0.6 is 24.2 Å². The molecule has 0 aromatic heterocycles. The van der Waals surface area contributed by atoms with Gasteiger partial charge in [0.25, 0.3) is 0 Å². The predicted molar refractivity (Wildman–Crippen MR) is 73.0 cm³/mol. The first kappa shape index (κ1) is 14.8. The predicted octanol–water partition coefficient (Wildman–Crippen LogP) is 3.34. The molecular weight excluding hydrogens is 226 g/mol. The molecule has 0 saturated heterocycles. The van der Waals surface area contributed by atoms with Gasteiger partial charge in [-0.1, -0.05) is 44.2 Å². The number of hydrogen-bond donors (Lipinski definition) is 1. The van der Waals surface area contributed by atoms with E-state index in [0.717, 1.165) is 12.3 Å². The smallest absolute Gasteiger partial charge is 0.0185 e. The van der Waals surface area contributed by atoms with Gasteiger partial charge in [-0.15, -0.1) is 12.4 Å². The molecule has 0 saturated carbocycles. The molecular formula is C12H20ClNS. The maximum absolute atomic E-state index is 3.41. The molecule has 1 aromatic rings. The van der Waals surface area contributed by atoms with Crippen LogP contribution in [0.1, 0.15) is 19.4 Å². The Kier molecular flexibility index (Phi) is 8.97. The second-order valence-corrected chi connectivity index (χ2v) is 4.75. The highest BCUT2D eigenvalue weighted by Crippen LogP contribution is 2.10. The minimum Gasteiger partial charge on any atom is -0.314 e. The van der Waals surface area contributed by atoms with Crippen LogP contribution < -0.4 is 5.32 Å². The highest BCUT2D eigenvalue weighted by molar-refractivity contribution is 7.98. The van der Waals surface area contributed by atoms with Gasteiger partial charge in [-0.3, -0.25) is 0 Å². The third-order valence-electron chi connectivity index (χ3n) is 1.91. The van der Waals surface area contributed by atoms with Crippen molar-refractivity contribution in [2.45, 2.75) is 25.6 Å². The summed E-state index contributed by atoms with van der Waals surface area (Å²) < 4.78 is 0. The molecule has 3 heteroatoms. The van der Waals surface area contributed by atoms with E-state index in [1.807, 2.05) is 11.8 Å². The summed E-state index contributed by atoms with van der Waals surface area (Å²) in [6.07, 6.45) is 0. The molecule has 0 bridgehead atoms. The zero-order valence-corrected chi connectivity index (χ0v) is 11.0. The molecule has 86 valence electrons. The van der Waals surface area contributed by atoms with Crippen molar-refractivity contribution >= 4 is 24.2 Å². The van der Waals surface area contributed by atoms with E-state index in [2.05, 4.69) is 49.5 Å². The van der Waals surface area contributed by atoms with Crippen LogP contribution in [0.2, 0.25) is 0 Å². The molecule has 0 radical (unpaired) electrons. The fraction of sp³-hybridized carbons (Fsp3) is 0.500. The largest absolute Gasteiger partial charge is 0.314 e. The molecule has 15 heavy (non-hydrogen) atoms. The normalized spacial score (nSPS) is 10.1. The first-order valence-electron chi connectivity index (χ1n) is 5.14. The number of halogens is 1. The third-order valence-corrected chi connectivity index (χ3v) is 2.94. The topological polar surface area (TPSA) is 12.0 Å². The zero-order valence-electron chi connectivity index (χ0n) is 9.40. The first-order chi connectivity index (χ1) is 6.79. The van der Waals surface area contributed by atoms with Crippen LogP contribution in [0.5, 0.6) is 0 Å². The lowest BCUT2D eigenvalue weighted by atomic mass is 10.2. The van der Waals surface area contributed by atoms with Gasteiger partial charge in [-0.25, -0.2) is 0 Å². The Bertz CT molecular complexity index is 239. The summed E-state index contributed by atoms with van der Waals surface area (Å²) in [5.41, 5.74) is 1.42. The van der Waals surface area contributed by atoms with Crippen molar-refractivity contribution in [1.29, 1.82) is 0 Å². The Morgan fingerprint density at radius 1 is 1.20 bits per heavy atom. The van der Waals surface area contributed by atoms with E-state index in [4.69, 9.17) is 0 Å². The summed E-state index contributed by atoms with van der Waals surface area (Å²) in [5.74, 6) is 2.31. The van der Waals surface area contributed by atoms with Crippen molar-refractivity contribution in [3.05, 3.63) is 35.9 Å². The van der Waals surface area contributed by atoms with Crippen molar-refractivity contribution in [2.75, 3.05) is 12.3 Å². The molecule has 0 spiro atoms. The van der Waals surface area contributed by atoms with E-state index in [1.165, 1.54) is 11.3 Å². The standard InChI is InChI=1S/C12H19NS.ClH/c1-11(2)13-8-9-14-10-12-6-4-3-5-7-12;/h3-7,11,13H,8-10H2,1-2H3;1H. The number of benzene rings is 1. The maximum atomic E-state index is 3.41. The summed E-state index contributed by atoms with van der Waals surface area (Å²) in [6, 6.07) is 11.2. The van der Waals surface area contributed by atoms with E-state index in [-0.39, 0.29) is 12.4 Å². The average molecular weight is 246 g/mol. The summed E-state index contributed by atoms with van der Waals surface area (Å²) in [4.78, 5) is 0. The first-order valence-corrected chi connectivity index (χ1v) is 6.29. The van der Waals surface area contributed by atoms with Gasteiger partial charge in [0, 0.05) is 24.1 Å². The molecule has 0 heterocycles.